The Bertz CT molecular complexity index is 503. The smallest absolute Gasteiger partial charge is 0.323 e. The predicted octanol–water partition coefficient (Wildman–Crippen LogP) is 1.81. The molecule has 0 heterocycles. The summed E-state index contributed by atoms with van der Waals surface area (Å²) in [4.78, 5) is 11.1. The molecular formula is C16H17NO3. The molecule has 2 aromatic carbocycles. The van der Waals surface area contributed by atoms with E-state index in [1.807, 2.05) is 60.7 Å². The Morgan fingerprint density at radius 1 is 0.950 bits per heavy atom. The lowest BCUT2D eigenvalue weighted by Gasteiger charge is -2.23. The van der Waals surface area contributed by atoms with Gasteiger partial charge in [-0.15, -0.1) is 0 Å². The van der Waals surface area contributed by atoms with Crippen LogP contribution in [0.25, 0.3) is 0 Å². The van der Waals surface area contributed by atoms with Crippen molar-refractivity contribution >= 4 is 5.97 Å². The minimum atomic E-state index is -1.07. The predicted molar refractivity (Wildman–Crippen MR) is 76.4 cm³/mol. The van der Waals surface area contributed by atoms with E-state index in [-0.39, 0.29) is 6.04 Å². The average molecular weight is 271 g/mol. The molecule has 0 saturated carbocycles. The highest BCUT2D eigenvalue weighted by atomic mass is 16.4. The summed E-state index contributed by atoms with van der Waals surface area (Å²) in [5.74, 6) is -1.07. The molecule has 0 amide bonds. The summed E-state index contributed by atoms with van der Waals surface area (Å²) >= 11 is 0. The molecule has 0 saturated heterocycles. The standard InChI is InChI=1S/C16H17NO3/c18-11-14(16(19)20)17-15(12-7-3-1-4-8-12)13-9-5-2-6-10-13/h1-10,14-15,17-18H,11H2,(H,19,20). The zero-order chi connectivity index (χ0) is 14.4. The van der Waals surface area contributed by atoms with Crippen LogP contribution in [0.4, 0.5) is 0 Å². The van der Waals surface area contributed by atoms with Gasteiger partial charge in [-0.3, -0.25) is 10.1 Å². The van der Waals surface area contributed by atoms with E-state index in [0.29, 0.717) is 0 Å². The highest BCUT2D eigenvalue weighted by molar-refractivity contribution is 5.73. The van der Waals surface area contributed by atoms with Gasteiger partial charge in [-0.05, 0) is 11.1 Å². The van der Waals surface area contributed by atoms with Crippen LogP contribution in [-0.2, 0) is 4.79 Å². The third-order valence-corrected chi connectivity index (χ3v) is 3.11. The third-order valence-electron chi connectivity index (χ3n) is 3.11. The van der Waals surface area contributed by atoms with Gasteiger partial charge in [0.15, 0.2) is 0 Å². The van der Waals surface area contributed by atoms with Crippen LogP contribution in [0.1, 0.15) is 17.2 Å². The molecule has 1 atom stereocenters. The quantitative estimate of drug-likeness (QED) is 0.749. The minimum Gasteiger partial charge on any atom is -0.480 e. The van der Waals surface area contributed by atoms with Gasteiger partial charge in [-0.25, -0.2) is 0 Å². The van der Waals surface area contributed by atoms with Crippen molar-refractivity contribution in [2.75, 3.05) is 6.61 Å². The number of rotatable bonds is 6. The van der Waals surface area contributed by atoms with Crippen LogP contribution in [0, 0.1) is 0 Å². The number of carboxylic acid groups (broad SMARTS) is 1. The molecule has 104 valence electrons. The van der Waals surface area contributed by atoms with E-state index in [1.165, 1.54) is 0 Å². The first-order valence-corrected chi connectivity index (χ1v) is 6.42. The van der Waals surface area contributed by atoms with Gasteiger partial charge in [0.2, 0.25) is 0 Å². The van der Waals surface area contributed by atoms with Crippen molar-refractivity contribution in [1.29, 1.82) is 0 Å². The molecule has 0 aliphatic carbocycles. The maximum atomic E-state index is 11.1. The summed E-state index contributed by atoms with van der Waals surface area (Å²) in [7, 11) is 0. The maximum absolute atomic E-state index is 11.1. The summed E-state index contributed by atoms with van der Waals surface area (Å²) < 4.78 is 0. The number of aliphatic hydroxyl groups is 1. The molecule has 0 radical (unpaired) electrons. The highest BCUT2D eigenvalue weighted by Crippen LogP contribution is 2.22. The lowest BCUT2D eigenvalue weighted by atomic mass is 9.98. The normalized spacial score (nSPS) is 12.3. The molecular weight excluding hydrogens is 254 g/mol. The van der Waals surface area contributed by atoms with Gasteiger partial charge in [-0.1, -0.05) is 60.7 Å². The zero-order valence-electron chi connectivity index (χ0n) is 10.9. The van der Waals surface area contributed by atoms with E-state index in [9.17, 15) is 9.90 Å². The van der Waals surface area contributed by atoms with E-state index in [1.54, 1.807) is 0 Å². The van der Waals surface area contributed by atoms with E-state index < -0.39 is 18.6 Å². The molecule has 1 unspecified atom stereocenters. The summed E-state index contributed by atoms with van der Waals surface area (Å²) in [5, 5.41) is 21.3. The fourth-order valence-electron chi connectivity index (χ4n) is 2.08. The van der Waals surface area contributed by atoms with Crippen molar-refractivity contribution in [3.63, 3.8) is 0 Å². The molecule has 2 rings (SSSR count). The van der Waals surface area contributed by atoms with Crippen LogP contribution < -0.4 is 5.32 Å². The number of aliphatic carboxylic acids is 1. The fraction of sp³-hybridized carbons (Fsp3) is 0.188. The third kappa shape index (κ3) is 3.44. The van der Waals surface area contributed by atoms with E-state index in [2.05, 4.69) is 5.32 Å². The molecule has 0 aliphatic heterocycles. The summed E-state index contributed by atoms with van der Waals surface area (Å²) in [6.45, 7) is -0.453. The molecule has 0 fully saturated rings. The minimum absolute atomic E-state index is 0.273. The lowest BCUT2D eigenvalue weighted by molar-refractivity contribution is -0.140. The molecule has 0 aromatic heterocycles. The molecule has 4 nitrogen and oxygen atoms in total. The fourth-order valence-corrected chi connectivity index (χ4v) is 2.08. The number of carbonyl (C=O) groups is 1. The van der Waals surface area contributed by atoms with Gasteiger partial charge in [0, 0.05) is 0 Å². The van der Waals surface area contributed by atoms with Gasteiger partial charge in [0.05, 0.1) is 12.6 Å². The van der Waals surface area contributed by atoms with E-state index in [0.717, 1.165) is 11.1 Å². The first kappa shape index (κ1) is 14.2. The Morgan fingerprint density at radius 2 is 1.40 bits per heavy atom. The van der Waals surface area contributed by atoms with Crippen molar-refractivity contribution in [3.05, 3.63) is 71.8 Å². The topological polar surface area (TPSA) is 69.6 Å². The second kappa shape index (κ2) is 6.84. The Hall–Kier alpha value is -2.17. The van der Waals surface area contributed by atoms with E-state index in [4.69, 9.17) is 5.11 Å². The Kier molecular flexibility index (Phi) is 4.87. The molecule has 20 heavy (non-hydrogen) atoms. The van der Waals surface area contributed by atoms with Crippen LogP contribution in [0.15, 0.2) is 60.7 Å². The maximum Gasteiger partial charge on any atom is 0.323 e. The van der Waals surface area contributed by atoms with Crippen LogP contribution in [0.2, 0.25) is 0 Å². The first-order chi connectivity index (χ1) is 9.72. The Morgan fingerprint density at radius 3 is 1.75 bits per heavy atom. The lowest BCUT2D eigenvalue weighted by Crippen LogP contribution is -2.42. The van der Waals surface area contributed by atoms with Crippen LogP contribution in [0.3, 0.4) is 0 Å². The molecule has 0 aliphatic rings. The average Bonchev–Trinajstić information content (AvgIpc) is 2.50. The van der Waals surface area contributed by atoms with Crippen LogP contribution >= 0.6 is 0 Å². The summed E-state index contributed by atoms with van der Waals surface area (Å²) in [5.41, 5.74) is 1.91. The molecule has 2 aromatic rings. The SMILES string of the molecule is O=C(O)C(CO)NC(c1ccccc1)c1ccccc1. The molecule has 4 heteroatoms. The number of nitrogens with one attached hydrogen (secondary N) is 1. The summed E-state index contributed by atoms with van der Waals surface area (Å²) in [6.07, 6.45) is 0. The van der Waals surface area contributed by atoms with Crippen molar-refractivity contribution in [2.24, 2.45) is 0 Å². The van der Waals surface area contributed by atoms with Gasteiger partial charge >= 0.3 is 5.97 Å². The van der Waals surface area contributed by atoms with Gasteiger partial charge in [0.1, 0.15) is 6.04 Å². The first-order valence-electron chi connectivity index (χ1n) is 6.42. The van der Waals surface area contributed by atoms with Crippen molar-refractivity contribution in [3.8, 4) is 0 Å². The highest BCUT2D eigenvalue weighted by Gasteiger charge is 2.22. The van der Waals surface area contributed by atoms with Crippen LogP contribution in [-0.4, -0.2) is 28.8 Å². The molecule has 0 spiro atoms. The number of hydrogen-bond acceptors (Lipinski definition) is 3. The Labute approximate surface area is 117 Å². The number of carboxylic acids is 1. The van der Waals surface area contributed by atoms with Gasteiger partial charge < -0.3 is 10.2 Å². The van der Waals surface area contributed by atoms with Crippen molar-refractivity contribution in [2.45, 2.75) is 12.1 Å². The van der Waals surface area contributed by atoms with Gasteiger partial charge in [0.25, 0.3) is 0 Å². The number of hydrogen-bond donors (Lipinski definition) is 3. The van der Waals surface area contributed by atoms with E-state index >= 15 is 0 Å². The number of aliphatic hydroxyl groups excluding tert-OH is 1. The Balaban J connectivity index is 2.32. The molecule has 0 bridgehead atoms. The van der Waals surface area contributed by atoms with Crippen molar-refractivity contribution in [1.82, 2.24) is 5.32 Å². The van der Waals surface area contributed by atoms with Gasteiger partial charge in [-0.2, -0.15) is 0 Å². The second-order valence-corrected chi connectivity index (χ2v) is 4.49. The summed E-state index contributed by atoms with van der Waals surface area (Å²) in [6, 6.07) is 17.9. The molecule has 3 N–H and O–H groups in total. The van der Waals surface area contributed by atoms with Crippen LogP contribution in [0.5, 0.6) is 0 Å². The monoisotopic (exact) mass is 271 g/mol. The number of benzene rings is 2. The van der Waals surface area contributed by atoms with Crippen molar-refractivity contribution < 1.29 is 15.0 Å². The largest absolute Gasteiger partial charge is 0.480 e. The second-order valence-electron chi connectivity index (χ2n) is 4.49. The zero-order valence-corrected chi connectivity index (χ0v) is 10.9.